The predicted molar refractivity (Wildman–Crippen MR) is 118 cm³/mol. The van der Waals surface area contributed by atoms with Crippen LogP contribution in [0.5, 0.6) is 0 Å². The summed E-state index contributed by atoms with van der Waals surface area (Å²) in [5.74, 6) is 0.557. The number of amides is 1. The zero-order valence-corrected chi connectivity index (χ0v) is 17.3. The van der Waals surface area contributed by atoms with Gasteiger partial charge in [0.25, 0.3) is 0 Å². The van der Waals surface area contributed by atoms with Crippen LogP contribution in [0.2, 0.25) is 0 Å². The lowest BCUT2D eigenvalue weighted by atomic mass is 10.0. The van der Waals surface area contributed by atoms with Crippen LogP contribution < -0.4 is 10.6 Å². The summed E-state index contributed by atoms with van der Waals surface area (Å²) in [7, 11) is 0. The molecule has 0 spiro atoms. The Labute approximate surface area is 176 Å². The second-order valence-electron chi connectivity index (χ2n) is 7.59. The molecule has 30 heavy (non-hydrogen) atoms. The molecule has 0 saturated heterocycles. The molecule has 1 heterocycles. The molecule has 0 aliphatic carbocycles. The van der Waals surface area contributed by atoms with E-state index < -0.39 is 6.04 Å². The van der Waals surface area contributed by atoms with E-state index in [1.54, 1.807) is 0 Å². The number of amidine groups is 1. The van der Waals surface area contributed by atoms with Gasteiger partial charge >= 0.3 is 5.91 Å². The molecule has 2 atom stereocenters. The van der Waals surface area contributed by atoms with E-state index in [1.165, 1.54) is 0 Å². The molecule has 0 fully saturated rings. The summed E-state index contributed by atoms with van der Waals surface area (Å²) in [5, 5.41) is 0. The predicted octanol–water partition coefficient (Wildman–Crippen LogP) is 3.25. The second kappa shape index (κ2) is 8.71. The lowest BCUT2D eigenvalue weighted by molar-refractivity contribution is -0.635. The maximum absolute atomic E-state index is 13.6. The molecule has 4 rings (SSSR count). The Bertz CT molecular complexity index is 1090. The summed E-state index contributed by atoms with van der Waals surface area (Å²) < 4.78 is 5.87. The van der Waals surface area contributed by atoms with Crippen molar-refractivity contribution in [2.24, 2.45) is 10.7 Å². The number of hydrogen-bond acceptors (Lipinski definition) is 4. The Balaban J connectivity index is 1.66. The molecule has 0 radical (unpaired) electrons. The largest absolute Gasteiger partial charge is 0.375 e. The van der Waals surface area contributed by atoms with Gasteiger partial charge in [-0.05, 0) is 31.0 Å². The Morgan fingerprint density at radius 2 is 1.63 bits per heavy atom. The van der Waals surface area contributed by atoms with Gasteiger partial charge in [0.1, 0.15) is 17.3 Å². The molecule has 0 saturated carbocycles. The van der Waals surface area contributed by atoms with E-state index in [1.807, 2.05) is 86.6 Å². The Hall–Kier alpha value is -3.12. The molecule has 3 aromatic carbocycles. The number of hydrogen-bond donors (Lipinski definition) is 2. The number of nitrogens with zero attached hydrogens (tertiary/aromatic N) is 1. The second-order valence-corrected chi connectivity index (χ2v) is 7.59. The van der Waals surface area contributed by atoms with Crippen molar-refractivity contribution in [1.82, 2.24) is 0 Å². The molecular weight excluding hydrogens is 374 g/mol. The van der Waals surface area contributed by atoms with Crippen molar-refractivity contribution >= 4 is 23.1 Å². The minimum Gasteiger partial charge on any atom is -0.375 e. The van der Waals surface area contributed by atoms with Gasteiger partial charge in [-0.25, -0.2) is 4.79 Å². The number of ether oxygens (including phenoxy) is 1. The summed E-state index contributed by atoms with van der Waals surface area (Å²) in [6.45, 7) is 4.68. The van der Waals surface area contributed by atoms with Crippen molar-refractivity contribution < 1.29 is 14.4 Å². The molecule has 3 aromatic rings. The average molecular weight is 401 g/mol. The summed E-state index contributed by atoms with van der Waals surface area (Å²) in [5.41, 5.74) is 11.7. The lowest BCUT2D eigenvalue weighted by Gasteiger charge is -2.27. The monoisotopic (exact) mass is 400 g/mol. The number of benzene rings is 3. The quantitative estimate of drug-likeness (QED) is 0.667. The minimum absolute atomic E-state index is 0.0269. The van der Waals surface area contributed by atoms with Gasteiger partial charge in [-0.15, -0.1) is 0 Å². The van der Waals surface area contributed by atoms with Crippen molar-refractivity contribution in [3.05, 3.63) is 95.1 Å². The average Bonchev–Trinajstić information content (AvgIpc) is 2.75. The highest BCUT2D eigenvalue weighted by Crippen LogP contribution is 2.25. The van der Waals surface area contributed by atoms with Crippen molar-refractivity contribution in [3.8, 4) is 0 Å². The number of rotatable bonds is 6. The maximum Gasteiger partial charge on any atom is 0.357 e. The summed E-state index contributed by atoms with van der Waals surface area (Å²) in [4.78, 5) is 19.0. The fourth-order valence-electron chi connectivity index (χ4n) is 3.81. The molecule has 1 aliphatic heterocycles. The first-order valence-electron chi connectivity index (χ1n) is 10.1. The zero-order chi connectivity index (χ0) is 21.1. The van der Waals surface area contributed by atoms with Crippen LogP contribution >= 0.6 is 0 Å². The molecule has 2 unspecified atom stereocenters. The third-order valence-corrected chi connectivity index (χ3v) is 5.38. The molecule has 152 valence electrons. The number of aliphatic imine (C=N–C) groups is 1. The third-order valence-electron chi connectivity index (χ3n) is 5.38. The Kier molecular flexibility index (Phi) is 5.86. The van der Waals surface area contributed by atoms with Crippen LogP contribution in [-0.2, 0) is 11.3 Å². The number of carbonyl (C=O) groups is 1. The number of nitrogens with one attached hydrogen (secondary N) is 1. The highest BCUT2D eigenvalue weighted by Gasteiger charge is 2.40. The van der Waals surface area contributed by atoms with Crippen LogP contribution in [0.15, 0.2) is 77.8 Å². The summed E-state index contributed by atoms with van der Waals surface area (Å²) >= 11 is 0. The number of quaternary nitrogens is 1. The first-order chi connectivity index (χ1) is 14.6. The first-order valence-corrected chi connectivity index (χ1v) is 10.1. The number of carbonyl (C=O) groups excluding carboxylic acids is 1. The third kappa shape index (κ3) is 3.96. The maximum atomic E-state index is 13.6. The van der Waals surface area contributed by atoms with Gasteiger partial charge in [-0.3, -0.25) is 0 Å². The number of fused-ring (bicyclic) bond motifs is 1. The molecule has 0 bridgehead atoms. The fraction of sp³-hybridized carbons (Fsp3) is 0.200. The molecule has 1 amide bonds. The van der Waals surface area contributed by atoms with E-state index in [0.717, 1.165) is 22.4 Å². The van der Waals surface area contributed by atoms with E-state index in [-0.39, 0.29) is 12.5 Å². The highest BCUT2D eigenvalue weighted by atomic mass is 16.5. The van der Waals surface area contributed by atoms with E-state index in [0.29, 0.717) is 28.6 Å². The van der Waals surface area contributed by atoms with E-state index in [4.69, 9.17) is 15.5 Å². The standard InChI is InChI=1S/C25H25N3O2/c1-17-9-6-7-14-22(17)28-24(20(26)16-30-15-19-11-4-3-5-12-19)27-21-13-8-10-18(2)23(21)25(28)29/h3-14,20H,15-16,26H2,1-2H3/p+1. The van der Waals surface area contributed by atoms with E-state index in [9.17, 15) is 4.79 Å². The SMILES string of the molecule is Cc1ccccc1[NH+]1C(=O)c2c(C)cccc2N=C1C(N)COCc1ccccc1. The van der Waals surface area contributed by atoms with Crippen molar-refractivity contribution in [1.29, 1.82) is 0 Å². The summed E-state index contributed by atoms with van der Waals surface area (Å²) in [6, 6.07) is 23.0. The molecule has 0 aromatic heterocycles. The smallest absolute Gasteiger partial charge is 0.357 e. The molecule has 5 heteroatoms. The van der Waals surface area contributed by atoms with Crippen LogP contribution in [0.25, 0.3) is 0 Å². The van der Waals surface area contributed by atoms with Gasteiger partial charge in [0.05, 0.1) is 18.9 Å². The summed E-state index contributed by atoms with van der Waals surface area (Å²) in [6.07, 6.45) is 0. The highest BCUT2D eigenvalue weighted by molar-refractivity contribution is 6.06. The van der Waals surface area contributed by atoms with Crippen LogP contribution in [0.3, 0.4) is 0 Å². The first kappa shape index (κ1) is 20.2. The van der Waals surface area contributed by atoms with E-state index in [2.05, 4.69) is 0 Å². The van der Waals surface area contributed by atoms with Gasteiger partial charge in [-0.1, -0.05) is 60.7 Å². The number of para-hydroxylation sites is 1. The molecule has 5 nitrogen and oxygen atoms in total. The zero-order valence-electron chi connectivity index (χ0n) is 17.3. The van der Waals surface area contributed by atoms with Crippen molar-refractivity contribution in [2.45, 2.75) is 26.5 Å². The molecule has 1 aliphatic rings. The molecular formula is C25H26N3O2+. The Morgan fingerprint density at radius 1 is 0.933 bits per heavy atom. The lowest BCUT2D eigenvalue weighted by Crippen LogP contribution is -3.15. The minimum atomic E-state index is -0.513. The van der Waals surface area contributed by atoms with Crippen molar-refractivity contribution in [2.75, 3.05) is 6.61 Å². The van der Waals surface area contributed by atoms with Gasteiger partial charge < -0.3 is 10.5 Å². The molecule has 3 N–H and O–H groups in total. The van der Waals surface area contributed by atoms with Gasteiger partial charge in [0.15, 0.2) is 0 Å². The topological polar surface area (TPSA) is 69.1 Å². The van der Waals surface area contributed by atoms with Crippen LogP contribution in [0.1, 0.15) is 27.0 Å². The van der Waals surface area contributed by atoms with E-state index >= 15 is 0 Å². The van der Waals surface area contributed by atoms with Gasteiger partial charge in [0.2, 0.25) is 5.84 Å². The van der Waals surface area contributed by atoms with Crippen molar-refractivity contribution in [3.63, 3.8) is 0 Å². The van der Waals surface area contributed by atoms with Crippen LogP contribution in [0, 0.1) is 13.8 Å². The van der Waals surface area contributed by atoms with Crippen LogP contribution in [-0.4, -0.2) is 24.4 Å². The Morgan fingerprint density at radius 3 is 2.40 bits per heavy atom. The normalized spacial score (nSPS) is 16.7. The number of aryl methyl sites for hydroxylation is 2. The fourth-order valence-corrected chi connectivity index (χ4v) is 3.81. The van der Waals surface area contributed by atoms with Gasteiger partial charge in [0, 0.05) is 11.6 Å². The number of nitrogens with two attached hydrogens (primary N) is 1. The van der Waals surface area contributed by atoms with Crippen LogP contribution in [0.4, 0.5) is 11.4 Å². The van der Waals surface area contributed by atoms with Gasteiger partial charge in [-0.2, -0.15) is 9.89 Å².